The summed E-state index contributed by atoms with van der Waals surface area (Å²) in [6, 6.07) is 19.2. The number of anilines is 1. The highest BCUT2D eigenvalue weighted by atomic mass is 35.5. The lowest BCUT2D eigenvalue weighted by atomic mass is 10.1. The van der Waals surface area contributed by atoms with Gasteiger partial charge in [-0.15, -0.1) is 0 Å². The van der Waals surface area contributed by atoms with Gasteiger partial charge in [0.2, 0.25) is 11.8 Å². The van der Waals surface area contributed by atoms with Crippen LogP contribution in [0.15, 0.2) is 77.7 Å². The van der Waals surface area contributed by atoms with Crippen molar-refractivity contribution in [2.24, 2.45) is 0 Å². The van der Waals surface area contributed by atoms with Crippen LogP contribution in [0.1, 0.15) is 38.3 Å². The van der Waals surface area contributed by atoms with Gasteiger partial charge in [0.1, 0.15) is 12.6 Å². The van der Waals surface area contributed by atoms with Crippen molar-refractivity contribution < 1.29 is 18.0 Å². The lowest BCUT2D eigenvalue weighted by Gasteiger charge is -2.32. The third-order valence-corrected chi connectivity index (χ3v) is 9.03. The molecule has 3 rings (SSSR count). The van der Waals surface area contributed by atoms with Crippen LogP contribution in [0.25, 0.3) is 0 Å². The van der Waals surface area contributed by atoms with E-state index < -0.39 is 28.5 Å². The maximum atomic E-state index is 13.9. The van der Waals surface area contributed by atoms with Gasteiger partial charge < -0.3 is 10.2 Å². The van der Waals surface area contributed by atoms with Crippen molar-refractivity contribution in [2.45, 2.75) is 57.6 Å². The van der Waals surface area contributed by atoms with Crippen molar-refractivity contribution >= 4 is 50.7 Å². The lowest BCUT2D eigenvalue weighted by Crippen LogP contribution is -2.52. The Morgan fingerprint density at radius 3 is 2.18 bits per heavy atom. The zero-order valence-corrected chi connectivity index (χ0v) is 24.7. The Morgan fingerprint density at radius 1 is 0.923 bits per heavy atom. The lowest BCUT2D eigenvalue weighted by molar-refractivity contribution is -0.139. The molecule has 208 valence electrons. The molecular formula is C29H33Cl2N3O4S. The topological polar surface area (TPSA) is 86.8 Å². The van der Waals surface area contributed by atoms with Gasteiger partial charge in [-0.1, -0.05) is 84.2 Å². The van der Waals surface area contributed by atoms with Crippen LogP contribution in [0.2, 0.25) is 10.0 Å². The minimum absolute atomic E-state index is 0.000162. The number of amides is 2. The molecule has 7 nitrogen and oxygen atoms in total. The highest BCUT2D eigenvalue weighted by molar-refractivity contribution is 7.92. The minimum atomic E-state index is -4.24. The van der Waals surface area contributed by atoms with E-state index in [0.29, 0.717) is 0 Å². The molecule has 0 unspecified atom stereocenters. The number of carbonyl (C=O) groups is 2. The molecule has 2 atom stereocenters. The van der Waals surface area contributed by atoms with Crippen LogP contribution in [-0.2, 0) is 26.2 Å². The highest BCUT2D eigenvalue weighted by Gasteiger charge is 2.33. The number of hydrogen-bond acceptors (Lipinski definition) is 4. The predicted octanol–water partition coefficient (Wildman–Crippen LogP) is 5.83. The van der Waals surface area contributed by atoms with Crippen LogP contribution < -0.4 is 9.62 Å². The van der Waals surface area contributed by atoms with Gasteiger partial charge in [-0.05, 0) is 57.0 Å². The molecule has 0 saturated carbocycles. The molecule has 2 amide bonds. The summed E-state index contributed by atoms with van der Waals surface area (Å²) in [7, 11) is -4.24. The molecule has 39 heavy (non-hydrogen) atoms. The van der Waals surface area contributed by atoms with Gasteiger partial charge in [0.05, 0.1) is 20.6 Å². The standard InChI is InChI=1S/C29H33Cl2N3O4S/c1-5-21(3)32-29(36)22(4)33(18-23-10-7-6-8-11-23)27(35)19-34(26-13-9-12-25(30)28(26)31)39(37,38)24-16-14-20(2)15-17-24/h6-17,21-22H,5,18-19H2,1-4H3,(H,32,36)/t21-,22+/m1/s1. The number of nitrogens with zero attached hydrogens (tertiary/aromatic N) is 2. The van der Waals surface area contributed by atoms with Crippen LogP contribution in [0, 0.1) is 6.92 Å². The van der Waals surface area contributed by atoms with E-state index in [4.69, 9.17) is 23.2 Å². The molecule has 0 saturated heterocycles. The smallest absolute Gasteiger partial charge is 0.264 e. The van der Waals surface area contributed by atoms with E-state index in [1.807, 2.05) is 51.1 Å². The Hall–Kier alpha value is -3.07. The van der Waals surface area contributed by atoms with Crippen LogP contribution in [0.3, 0.4) is 0 Å². The molecule has 0 bridgehead atoms. The summed E-state index contributed by atoms with van der Waals surface area (Å²) in [6.07, 6.45) is 0.723. The van der Waals surface area contributed by atoms with Crippen molar-refractivity contribution in [3.63, 3.8) is 0 Å². The van der Waals surface area contributed by atoms with Crippen LogP contribution >= 0.6 is 23.2 Å². The molecule has 0 aliphatic heterocycles. The van der Waals surface area contributed by atoms with Gasteiger partial charge in [-0.25, -0.2) is 8.42 Å². The number of carbonyl (C=O) groups excluding carboxylic acids is 2. The number of sulfonamides is 1. The van der Waals surface area contributed by atoms with Gasteiger partial charge in [-0.2, -0.15) is 0 Å². The van der Waals surface area contributed by atoms with E-state index in [0.717, 1.165) is 21.9 Å². The summed E-state index contributed by atoms with van der Waals surface area (Å²) in [6.45, 7) is 6.82. The number of hydrogen-bond donors (Lipinski definition) is 1. The molecule has 0 aliphatic carbocycles. The second kappa shape index (κ2) is 13.3. The Kier molecular flexibility index (Phi) is 10.4. The normalized spacial score (nSPS) is 12.9. The van der Waals surface area contributed by atoms with E-state index in [1.165, 1.54) is 29.2 Å². The van der Waals surface area contributed by atoms with E-state index in [1.54, 1.807) is 25.1 Å². The van der Waals surface area contributed by atoms with Crippen molar-refractivity contribution in [3.8, 4) is 0 Å². The largest absolute Gasteiger partial charge is 0.352 e. The molecule has 3 aromatic rings. The number of halogens is 2. The molecule has 0 radical (unpaired) electrons. The third-order valence-electron chi connectivity index (χ3n) is 6.45. The Morgan fingerprint density at radius 2 is 1.56 bits per heavy atom. The summed E-state index contributed by atoms with van der Waals surface area (Å²) in [5.41, 5.74) is 1.74. The van der Waals surface area contributed by atoms with Crippen molar-refractivity contribution in [3.05, 3.63) is 94.0 Å². The Labute approximate surface area is 240 Å². The van der Waals surface area contributed by atoms with Crippen LogP contribution in [0.5, 0.6) is 0 Å². The van der Waals surface area contributed by atoms with Crippen molar-refractivity contribution in [2.75, 3.05) is 10.8 Å². The van der Waals surface area contributed by atoms with Crippen molar-refractivity contribution in [1.29, 1.82) is 0 Å². The summed E-state index contributed by atoms with van der Waals surface area (Å²) < 4.78 is 28.7. The Balaban J connectivity index is 2.05. The van der Waals surface area contributed by atoms with Crippen LogP contribution in [0.4, 0.5) is 5.69 Å². The fourth-order valence-corrected chi connectivity index (χ4v) is 5.74. The SMILES string of the molecule is CC[C@@H](C)NC(=O)[C@H](C)N(Cc1ccccc1)C(=O)CN(c1cccc(Cl)c1Cl)S(=O)(=O)c1ccc(C)cc1. The molecule has 0 aliphatic rings. The maximum absolute atomic E-state index is 13.9. The highest BCUT2D eigenvalue weighted by Crippen LogP contribution is 2.35. The zero-order chi connectivity index (χ0) is 28.7. The third kappa shape index (κ3) is 7.53. The molecular weight excluding hydrogens is 557 g/mol. The molecule has 1 N–H and O–H groups in total. The number of rotatable bonds is 11. The zero-order valence-electron chi connectivity index (χ0n) is 22.4. The minimum Gasteiger partial charge on any atom is -0.352 e. The Bertz CT molecular complexity index is 1400. The molecule has 0 aromatic heterocycles. The number of benzene rings is 3. The van der Waals surface area contributed by atoms with Gasteiger partial charge in [0, 0.05) is 12.6 Å². The molecule has 0 fully saturated rings. The first-order valence-electron chi connectivity index (χ1n) is 12.6. The predicted molar refractivity (Wildman–Crippen MR) is 157 cm³/mol. The second-order valence-electron chi connectivity index (χ2n) is 9.40. The van der Waals surface area contributed by atoms with Gasteiger partial charge in [0.15, 0.2) is 0 Å². The number of aryl methyl sites for hydroxylation is 1. The average Bonchev–Trinajstić information content (AvgIpc) is 2.92. The van der Waals surface area contributed by atoms with E-state index >= 15 is 0 Å². The first kappa shape index (κ1) is 30.5. The van der Waals surface area contributed by atoms with E-state index in [2.05, 4.69) is 5.32 Å². The molecule has 10 heteroatoms. The first-order valence-corrected chi connectivity index (χ1v) is 14.8. The summed E-state index contributed by atoms with van der Waals surface area (Å²) in [5.74, 6) is -0.903. The summed E-state index contributed by atoms with van der Waals surface area (Å²) in [5, 5.41) is 3.06. The average molecular weight is 591 g/mol. The molecule has 0 heterocycles. The van der Waals surface area contributed by atoms with Gasteiger partial charge >= 0.3 is 0 Å². The van der Waals surface area contributed by atoms with E-state index in [-0.39, 0.29) is 39.1 Å². The second-order valence-corrected chi connectivity index (χ2v) is 12.0. The van der Waals surface area contributed by atoms with Crippen molar-refractivity contribution in [1.82, 2.24) is 10.2 Å². The fraction of sp³-hybridized carbons (Fsp3) is 0.310. The number of nitrogens with one attached hydrogen (secondary N) is 1. The van der Waals surface area contributed by atoms with Gasteiger partial charge in [0.25, 0.3) is 10.0 Å². The monoisotopic (exact) mass is 589 g/mol. The summed E-state index contributed by atoms with van der Waals surface area (Å²) in [4.78, 5) is 28.4. The van der Waals surface area contributed by atoms with E-state index in [9.17, 15) is 18.0 Å². The molecule has 3 aromatic carbocycles. The quantitative estimate of drug-likeness (QED) is 0.305. The van der Waals surface area contributed by atoms with Crippen LogP contribution in [-0.4, -0.2) is 43.8 Å². The first-order chi connectivity index (χ1) is 18.4. The fourth-order valence-electron chi connectivity index (χ4n) is 3.86. The van der Waals surface area contributed by atoms with Gasteiger partial charge in [-0.3, -0.25) is 13.9 Å². The summed E-state index contributed by atoms with van der Waals surface area (Å²) >= 11 is 12.7. The molecule has 0 spiro atoms. The maximum Gasteiger partial charge on any atom is 0.264 e.